The van der Waals surface area contributed by atoms with Crippen LogP contribution in [0.1, 0.15) is 70.9 Å². The molecule has 228 valence electrons. The number of nitrogens with zero attached hydrogens (tertiary/aromatic N) is 2. The predicted octanol–water partition coefficient (Wildman–Crippen LogP) is 8.56. The molecule has 42 heavy (non-hydrogen) atoms. The second-order valence-electron chi connectivity index (χ2n) is 14.0. The Balaban J connectivity index is 1.44. The lowest BCUT2D eigenvalue weighted by molar-refractivity contribution is 0.0503. The average Bonchev–Trinajstić information content (AvgIpc) is 3.51. The van der Waals surface area contributed by atoms with Crippen LogP contribution in [0.2, 0.25) is 23.2 Å². The quantitative estimate of drug-likeness (QED) is 0.275. The molecular weight excluding hydrogens is 586 g/mol. The second kappa shape index (κ2) is 11.7. The van der Waals surface area contributed by atoms with Crippen molar-refractivity contribution in [2.75, 3.05) is 19.7 Å². The average molecular weight is 630 g/mol. The first-order valence-corrected chi connectivity index (χ1v) is 18.9. The van der Waals surface area contributed by atoms with E-state index in [9.17, 15) is 4.79 Å². The fourth-order valence-corrected chi connectivity index (χ4v) is 7.79. The molecule has 0 bridgehead atoms. The minimum atomic E-state index is -1.88. The molecule has 0 aliphatic carbocycles. The molecule has 2 unspecified atom stereocenters. The van der Waals surface area contributed by atoms with Crippen molar-refractivity contribution in [2.45, 2.75) is 96.8 Å². The number of ether oxygens (including phenoxy) is 2. The Kier molecular flexibility index (Phi) is 8.73. The summed E-state index contributed by atoms with van der Waals surface area (Å²) in [6.45, 7) is 19.9. The number of carbonyl (C=O) groups excluding carboxylic acids is 1. The van der Waals surface area contributed by atoms with Gasteiger partial charge in [-0.25, -0.2) is 4.79 Å². The third-order valence-electron chi connectivity index (χ3n) is 8.60. The van der Waals surface area contributed by atoms with Crippen LogP contribution in [0.3, 0.4) is 0 Å². The number of aromatic nitrogens is 1. The zero-order chi connectivity index (χ0) is 30.4. The predicted molar refractivity (Wildman–Crippen MR) is 174 cm³/mol. The Morgan fingerprint density at radius 1 is 1.17 bits per heavy atom. The van der Waals surface area contributed by atoms with Gasteiger partial charge in [0.25, 0.3) is 0 Å². The maximum atomic E-state index is 12.5. The number of alkyl carbamates (subject to hydrolysis) is 1. The Bertz CT molecular complexity index is 1460. The first-order valence-electron chi connectivity index (χ1n) is 14.8. The summed E-state index contributed by atoms with van der Waals surface area (Å²) in [4.78, 5) is 20.8. The minimum Gasteiger partial charge on any atom is -0.493 e. The third kappa shape index (κ3) is 6.80. The highest BCUT2D eigenvalue weighted by Crippen LogP contribution is 2.47. The molecule has 4 heterocycles. The molecule has 2 aliphatic rings. The van der Waals surface area contributed by atoms with Gasteiger partial charge in [-0.3, -0.25) is 9.88 Å². The second-order valence-corrected chi connectivity index (χ2v) is 20.4. The van der Waals surface area contributed by atoms with Crippen LogP contribution >= 0.6 is 22.9 Å². The fraction of sp³-hybridized carbons (Fsp3) is 0.562. The van der Waals surface area contributed by atoms with Crippen molar-refractivity contribution in [2.24, 2.45) is 0 Å². The van der Waals surface area contributed by atoms with Crippen LogP contribution in [0, 0.1) is 0 Å². The molecule has 3 aromatic rings. The zero-order valence-electron chi connectivity index (χ0n) is 26.1. The summed E-state index contributed by atoms with van der Waals surface area (Å²) >= 11 is 8.44. The van der Waals surface area contributed by atoms with Crippen LogP contribution in [-0.2, 0) is 15.8 Å². The van der Waals surface area contributed by atoms with E-state index < -0.39 is 13.9 Å². The maximum absolute atomic E-state index is 12.5. The maximum Gasteiger partial charge on any atom is 0.407 e. The highest BCUT2D eigenvalue weighted by molar-refractivity contribution is 7.19. The van der Waals surface area contributed by atoms with Crippen molar-refractivity contribution < 1.29 is 18.7 Å². The molecule has 10 heteroatoms. The van der Waals surface area contributed by atoms with Gasteiger partial charge < -0.3 is 19.2 Å². The standard InChI is InChI=1S/C32H44ClN3O4SSi/c1-31(2,3)40-30(37)35-21-10-13-36(18-21)26-11-14-38-27-16-20(33)15-24(28(26)27)23-9-12-34-25-17-22(41-29(23)25)19-39-42(7,8)32(4,5)6/h9,12,15-17,21,26H,10-11,13-14,18-19H2,1-8H3,(H,35,37). The van der Waals surface area contributed by atoms with Crippen LogP contribution < -0.4 is 10.1 Å². The van der Waals surface area contributed by atoms with Gasteiger partial charge in [0.1, 0.15) is 11.4 Å². The van der Waals surface area contributed by atoms with Gasteiger partial charge in [0.05, 0.1) is 23.4 Å². The third-order valence-corrected chi connectivity index (χ3v) is 14.4. The molecule has 1 amide bonds. The molecule has 1 aromatic carbocycles. The Hall–Kier alpha value is -2.17. The highest BCUT2D eigenvalue weighted by atomic mass is 35.5. The number of hydrogen-bond donors (Lipinski definition) is 1. The number of benzene rings is 1. The van der Waals surface area contributed by atoms with Crippen molar-refractivity contribution in [1.29, 1.82) is 0 Å². The number of thiophene rings is 1. The van der Waals surface area contributed by atoms with E-state index in [0.717, 1.165) is 58.6 Å². The number of halogens is 1. The molecule has 1 fully saturated rings. The van der Waals surface area contributed by atoms with E-state index in [1.54, 1.807) is 11.3 Å². The van der Waals surface area contributed by atoms with E-state index in [1.165, 1.54) is 4.88 Å². The summed E-state index contributed by atoms with van der Waals surface area (Å²) in [5.74, 6) is 0.834. The Morgan fingerprint density at radius 3 is 2.64 bits per heavy atom. The van der Waals surface area contributed by atoms with E-state index in [4.69, 9.17) is 30.5 Å². The van der Waals surface area contributed by atoms with Gasteiger partial charge in [-0.2, -0.15) is 0 Å². The number of fused-ring (bicyclic) bond motifs is 2. The minimum absolute atomic E-state index is 0.0373. The van der Waals surface area contributed by atoms with Crippen LogP contribution in [-0.4, -0.2) is 55.6 Å². The molecule has 1 N–H and O–H groups in total. The number of carbonyl (C=O) groups is 1. The summed E-state index contributed by atoms with van der Waals surface area (Å²) in [7, 11) is -1.88. The zero-order valence-corrected chi connectivity index (χ0v) is 28.7. The molecule has 2 aliphatic heterocycles. The fourth-order valence-electron chi connectivity index (χ4n) is 5.47. The Morgan fingerprint density at radius 2 is 1.93 bits per heavy atom. The monoisotopic (exact) mass is 629 g/mol. The van der Waals surface area contributed by atoms with E-state index in [1.807, 2.05) is 33.0 Å². The lowest BCUT2D eigenvalue weighted by Gasteiger charge is -2.36. The largest absolute Gasteiger partial charge is 0.493 e. The topological polar surface area (TPSA) is 72.9 Å². The van der Waals surface area contributed by atoms with Crippen LogP contribution in [0.5, 0.6) is 5.75 Å². The van der Waals surface area contributed by atoms with Crippen LogP contribution in [0.4, 0.5) is 4.79 Å². The van der Waals surface area contributed by atoms with E-state index in [0.29, 0.717) is 18.2 Å². The number of amides is 1. The molecule has 7 nitrogen and oxygen atoms in total. The molecular formula is C32H44ClN3O4SSi. The number of pyridine rings is 1. The van der Waals surface area contributed by atoms with Crippen molar-refractivity contribution >= 4 is 47.6 Å². The molecule has 0 spiro atoms. The first-order chi connectivity index (χ1) is 19.6. The van der Waals surface area contributed by atoms with Crippen molar-refractivity contribution in [1.82, 2.24) is 15.2 Å². The lowest BCUT2D eigenvalue weighted by Crippen LogP contribution is -2.41. The van der Waals surface area contributed by atoms with Gasteiger partial charge in [-0.1, -0.05) is 32.4 Å². The van der Waals surface area contributed by atoms with Gasteiger partial charge in [0.2, 0.25) is 0 Å². The SMILES string of the molecule is CC(C)(C)OC(=O)NC1CCN(C2CCOc3cc(Cl)cc(-c4ccnc5cc(CO[Si](C)(C)C(C)(C)C)sc45)c32)C1. The number of nitrogens with one attached hydrogen (secondary N) is 1. The molecule has 2 aromatic heterocycles. The summed E-state index contributed by atoms with van der Waals surface area (Å²) in [5, 5.41) is 3.87. The summed E-state index contributed by atoms with van der Waals surface area (Å²) < 4.78 is 19.4. The highest BCUT2D eigenvalue weighted by Gasteiger charge is 2.38. The van der Waals surface area contributed by atoms with Crippen molar-refractivity contribution in [3.63, 3.8) is 0 Å². The normalized spacial score (nSPS) is 19.9. The molecule has 2 atom stereocenters. The smallest absolute Gasteiger partial charge is 0.407 e. The first kappa shape index (κ1) is 31.3. The van der Waals surface area contributed by atoms with E-state index in [-0.39, 0.29) is 23.2 Å². The molecule has 0 radical (unpaired) electrons. The molecule has 5 rings (SSSR count). The molecule has 0 saturated carbocycles. The van der Waals surface area contributed by atoms with Crippen LogP contribution in [0.25, 0.3) is 21.3 Å². The van der Waals surface area contributed by atoms with Crippen LogP contribution in [0.15, 0.2) is 30.5 Å². The van der Waals surface area contributed by atoms with Crippen molar-refractivity contribution in [3.05, 3.63) is 45.9 Å². The molecule has 1 saturated heterocycles. The van der Waals surface area contributed by atoms with Gasteiger partial charge >= 0.3 is 6.09 Å². The van der Waals surface area contributed by atoms with E-state index in [2.05, 4.69) is 62.3 Å². The Labute approximate surface area is 260 Å². The van der Waals surface area contributed by atoms with Gasteiger partial charge in [-0.05, 0) is 75.2 Å². The summed E-state index contributed by atoms with van der Waals surface area (Å²) in [5.41, 5.74) is 3.79. The van der Waals surface area contributed by atoms with E-state index >= 15 is 0 Å². The number of hydrogen-bond acceptors (Lipinski definition) is 7. The number of rotatable bonds is 6. The van der Waals surface area contributed by atoms with Gasteiger partial charge in [0, 0.05) is 58.8 Å². The number of likely N-dealkylation sites (tertiary alicyclic amines) is 1. The van der Waals surface area contributed by atoms with Gasteiger partial charge in [-0.15, -0.1) is 11.3 Å². The van der Waals surface area contributed by atoms with Crippen molar-refractivity contribution in [3.8, 4) is 16.9 Å². The summed E-state index contributed by atoms with van der Waals surface area (Å²) in [6.07, 6.45) is 3.26. The summed E-state index contributed by atoms with van der Waals surface area (Å²) in [6, 6.07) is 8.44. The lowest BCUT2D eigenvalue weighted by atomic mass is 9.90. The van der Waals surface area contributed by atoms with Gasteiger partial charge in [0.15, 0.2) is 8.32 Å².